The highest BCUT2D eigenvalue weighted by molar-refractivity contribution is 7.92. The number of hydrogen-bond donors (Lipinski definition) is 2. The molecule has 94 valence electrons. The molecule has 0 saturated carbocycles. The first kappa shape index (κ1) is 12.3. The Labute approximate surface area is 104 Å². The van der Waals surface area contributed by atoms with Gasteiger partial charge in [-0.15, -0.1) is 0 Å². The van der Waals surface area contributed by atoms with E-state index in [0.29, 0.717) is 5.56 Å². The van der Waals surface area contributed by atoms with Crippen LogP contribution in [0.25, 0.3) is 0 Å². The highest BCUT2D eigenvalue weighted by Crippen LogP contribution is 2.14. The molecule has 0 radical (unpaired) electrons. The second-order valence-electron chi connectivity index (χ2n) is 3.63. The third-order valence-electron chi connectivity index (χ3n) is 2.28. The Morgan fingerprint density at radius 2 is 2.17 bits per heavy atom. The van der Waals surface area contributed by atoms with Gasteiger partial charge in [0.05, 0.1) is 4.90 Å². The molecule has 1 aromatic carbocycles. The van der Waals surface area contributed by atoms with Crippen molar-refractivity contribution in [2.24, 2.45) is 0 Å². The van der Waals surface area contributed by atoms with Crippen molar-refractivity contribution in [3.63, 3.8) is 0 Å². The molecular formula is C11H11N3O3S. The molecule has 0 unspecified atom stereocenters. The van der Waals surface area contributed by atoms with E-state index < -0.39 is 10.0 Å². The second kappa shape index (κ2) is 4.61. The minimum atomic E-state index is -3.74. The van der Waals surface area contributed by atoms with Crippen LogP contribution in [0, 0.1) is 0 Å². The summed E-state index contributed by atoms with van der Waals surface area (Å²) in [4.78, 5) is 17.6. The van der Waals surface area contributed by atoms with Crippen molar-refractivity contribution in [2.45, 2.75) is 11.8 Å². The molecule has 6 nitrogen and oxygen atoms in total. The number of hydrogen-bond acceptors (Lipinski definition) is 4. The van der Waals surface area contributed by atoms with Gasteiger partial charge < -0.3 is 4.98 Å². The van der Waals surface area contributed by atoms with Gasteiger partial charge in [0, 0.05) is 18.0 Å². The summed E-state index contributed by atoms with van der Waals surface area (Å²) < 4.78 is 26.3. The van der Waals surface area contributed by atoms with Crippen LogP contribution in [0.5, 0.6) is 0 Å². The zero-order chi connectivity index (χ0) is 13.2. The molecule has 0 bridgehead atoms. The number of ketones is 1. The maximum atomic E-state index is 12.0. The van der Waals surface area contributed by atoms with Crippen LogP contribution in [-0.4, -0.2) is 24.2 Å². The second-order valence-corrected chi connectivity index (χ2v) is 5.31. The van der Waals surface area contributed by atoms with Crippen molar-refractivity contribution < 1.29 is 13.2 Å². The predicted molar refractivity (Wildman–Crippen MR) is 65.8 cm³/mol. The monoisotopic (exact) mass is 265 g/mol. The molecule has 0 aliphatic carbocycles. The number of carbonyl (C=O) groups is 1. The summed E-state index contributed by atoms with van der Waals surface area (Å²) in [6.45, 7) is 1.38. The Kier molecular flexibility index (Phi) is 3.15. The van der Waals surface area contributed by atoms with Gasteiger partial charge in [-0.2, -0.15) is 0 Å². The smallest absolute Gasteiger partial charge is 0.264 e. The quantitative estimate of drug-likeness (QED) is 0.817. The minimum Gasteiger partial charge on any atom is -0.330 e. The summed E-state index contributed by atoms with van der Waals surface area (Å²) >= 11 is 0. The number of aromatic amines is 1. The Morgan fingerprint density at radius 3 is 2.78 bits per heavy atom. The van der Waals surface area contributed by atoms with Gasteiger partial charge in [0.25, 0.3) is 10.0 Å². The third-order valence-corrected chi connectivity index (χ3v) is 3.62. The van der Waals surface area contributed by atoms with Crippen LogP contribution < -0.4 is 4.72 Å². The summed E-state index contributed by atoms with van der Waals surface area (Å²) in [6, 6.07) is 5.83. The van der Waals surface area contributed by atoms with Crippen molar-refractivity contribution in [2.75, 3.05) is 4.72 Å². The van der Waals surface area contributed by atoms with E-state index in [-0.39, 0.29) is 16.6 Å². The van der Waals surface area contributed by atoms with Gasteiger partial charge in [-0.3, -0.25) is 4.79 Å². The fraction of sp³-hybridized carbons (Fsp3) is 0.0909. The Bertz CT molecular complexity index is 663. The lowest BCUT2D eigenvalue weighted by Crippen LogP contribution is -2.14. The van der Waals surface area contributed by atoms with E-state index in [9.17, 15) is 13.2 Å². The molecule has 0 saturated heterocycles. The first-order valence-corrected chi connectivity index (χ1v) is 6.60. The lowest BCUT2D eigenvalue weighted by Gasteiger charge is -2.06. The van der Waals surface area contributed by atoms with E-state index >= 15 is 0 Å². The van der Waals surface area contributed by atoms with E-state index in [1.54, 1.807) is 6.07 Å². The number of nitrogens with one attached hydrogen (secondary N) is 2. The molecule has 2 N–H and O–H groups in total. The molecule has 0 atom stereocenters. The zero-order valence-electron chi connectivity index (χ0n) is 9.54. The van der Waals surface area contributed by atoms with Gasteiger partial charge in [0.1, 0.15) is 0 Å². The van der Waals surface area contributed by atoms with E-state index in [1.807, 2.05) is 0 Å². The number of aromatic nitrogens is 2. The van der Waals surface area contributed by atoms with Crippen LogP contribution in [-0.2, 0) is 10.0 Å². The molecule has 7 heteroatoms. The van der Waals surface area contributed by atoms with Crippen molar-refractivity contribution in [3.05, 3.63) is 42.2 Å². The highest BCUT2D eigenvalue weighted by Gasteiger charge is 2.16. The van der Waals surface area contributed by atoms with Crippen LogP contribution in [0.15, 0.2) is 41.6 Å². The average Bonchev–Trinajstić information content (AvgIpc) is 2.81. The maximum absolute atomic E-state index is 12.0. The molecule has 2 aromatic rings. The van der Waals surface area contributed by atoms with Crippen molar-refractivity contribution >= 4 is 21.8 Å². The molecule has 0 amide bonds. The molecule has 18 heavy (non-hydrogen) atoms. The topological polar surface area (TPSA) is 91.9 Å². The van der Waals surface area contributed by atoms with Crippen LogP contribution in [0.1, 0.15) is 17.3 Å². The minimum absolute atomic E-state index is 0.0200. The van der Waals surface area contributed by atoms with Gasteiger partial charge in [0.2, 0.25) is 5.95 Å². The first-order valence-electron chi connectivity index (χ1n) is 5.12. The predicted octanol–water partition coefficient (Wildman–Crippen LogP) is 1.41. The van der Waals surface area contributed by atoms with Crippen molar-refractivity contribution in [1.82, 2.24) is 9.97 Å². The Hall–Kier alpha value is -2.15. The van der Waals surface area contributed by atoms with Gasteiger partial charge in [-0.1, -0.05) is 12.1 Å². The number of imidazole rings is 1. The number of sulfonamides is 1. The van der Waals surface area contributed by atoms with Crippen LogP contribution in [0.3, 0.4) is 0 Å². The Morgan fingerprint density at radius 1 is 1.39 bits per heavy atom. The average molecular weight is 265 g/mol. The highest BCUT2D eigenvalue weighted by atomic mass is 32.2. The first-order chi connectivity index (χ1) is 8.49. The summed E-state index contributed by atoms with van der Waals surface area (Å²) in [5, 5.41) is 0. The molecule has 0 fully saturated rings. The number of Topliss-reactive ketones (excluding diaryl/α,β-unsaturated/α-hetero) is 1. The van der Waals surface area contributed by atoms with Crippen molar-refractivity contribution in [3.8, 4) is 0 Å². The van der Waals surface area contributed by atoms with E-state index in [1.165, 1.54) is 37.5 Å². The molecule has 2 rings (SSSR count). The summed E-state index contributed by atoms with van der Waals surface area (Å²) in [5.74, 6) is -0.0618. The summed E-state index contributed by atoms with van der Waals surface area (Å²) in [7, 11) is -3.74. The number of rotatable bonds is 4. The molecule has 0 aliphatic heterocycles. The normalized spacial score (nSPS) is 11.2. The number of H-pyrrole nitrogens is 1. The summed E-state index contributed by atoms with van der Waals surface area (Å²) in [6.07, 6.45) is 2.94. The van der Waals surface area contributed by atoms with Gasteiger partial charge in [0.15, 0.2) is 5.78 Å². The lowest BCUT2D eigenvalue weighted by molar-refractivity contribution is 0.101. The van der Waals surface area contributed by atoms with Crippen LogP contribution in [0.2, 0.25) is 0 Å². The number of nitrogens with zero attached hydrogens (tertiary/aromatic N) is 1. The zero-order valence-corrected chi connectivity index (χ0v) is 10.4. The van der Waals surface area contributed by atoms with E-state index in [0.717, 1.165) is 0 Å². The van der Waals surface area contributed by atoms with Gasteiger partial charge in [-0.25, -0.2) is 18.1 Å². The maximum Gasteiger partial charge on any atom is 0.264 e. The van der Waals surface area contributed by atoms with Gasteiger partial charge >= 0.3 is 0 Å². The molecule has 1 aromatic heterocycles. The van der Waals surface area contributed by atoms with Crippen LogP contribution >= 0.6 is 0 Å². The van der Waals surface area contributed by atoms with E-state index in [4.69, 9.17) is 0 Å². The number of anilines is 1. The van der Waals surface area contributed by atoms with Crippen molar-refractivity contribution in [1.29, 1.82) is 0 Å². The fourth-order valence-electron chi connectivity index (χ4n) is 1.39. The molecule has 0 spiro atoms. The van der Waals surface area contributed by atoms with E-state index in [2.05, 4.69) is 14.7 Å². The SMILES string of the molecule is CC(=O)c1cccc(S(=O)(=O)Nc2ncc[nH]2)c1. The third kappa shape index (κ3) is 2.57. The molecule has 0 aliphatic rings. The number of benzene rings is 1. The standard InChI is InChI=1S/C11H11N3O3S/c1-8(15)9-3-2-4-10(7-9)18(16,17)14-11-12-5-6-13-11/h2-7H,1H3,(H2,12,13,14). The largest absolute Gasteiger partial charge is 0.330 e. The van der Waals surface area contributed by atoms with Gasteiger partial charge in [-0.05, 0) is 19.1 Å². The molecular weight excluding hydrogens is 254 g/mol. The fourth-order valence-corrected chi connectivity index (χ4v) is 2.41. The molecule has 1 heterocycles. The summed E-state index contributed by atoms with van der Waals surface area (Å²) in [5.41, 5.74) is 0.345. The number of carbonyl (C=O) groups excluding carboxylic acids is 1. The lowest BCUT2D eigenvalue weighted by atomic mass is 10.2. The van der Waals surface area contributed by atoms with Crippen LogP contribution in [0.4, 0.5) is 5.95 Å². The Balaban J connectivity index is 2.35.